The Labute approximate surface area is 95.8 Å². The summed E-state index contributed by atoms with van der Waals surface area (Å²) in [6.45, 7) is 0. The van der Waals surface area contributed by atoms with Gasteiger partial charge in [-0.1, -0.05) is 18.2 Å². The van der Waals surface area contributed by atoms with Crippen LogP contribution >= 0.6 is 0 Å². The van der Waals surface area contributed by atoms with E-state index in [1.165, 1.54) is 0 Å². The summed E-state index contributed by atoms with van der Waals surface area (Å²) in [6, 6.07) is 8.35. The zero-order chi connectivity index (χ0) is 12.5. The number of aliphatic hydroxyl groups is 1. The molecular weight excluding hydrogens is 237 g/mol. The molecule has 1 aliphatic carbocycles. The Balaban J connectivity index is 1.99. The normalized spacial score (nSPS) is 28.6. The van der Waals surface area contributed by atoms with Crippen molar-refractivity contribution >= 4 is 0 Å². The first kappa shape index (κ1) is 12.2. The maximum atomic E-state index is 12.0. The molecule has 1 aliphatic rings. The molecule has 2 unspecified atom stereocenters. The molecule has 1 saturated carbocycles. The Kier molecular flexibility index (Phi) is 3.01. The van der Waals surface area contributed by atoms with Crippen molar-refractivity contribution < 1.29 is 27.8 Å². The van der Waals surface area contributed by atoms with Crippen LogP contribution in [0.5, 0.6) is 5.75 Å². The molecule has 0 spiro atoms. The van der Waals surface area contributed by atoms with Gasteiger partial charge in [0, 0.05) is 6.42 Å². The van der Waals surface area contributed by atoms with Crippen LogP contribution in [0.15, 0.2) is 30.3 Å². The number of benzene rings is 1. The maximum Gasteiger partial charge on any atom is 0.525 e. The zero-order valence-corrected chi connectivity index (χ0v) is 8.78. The molecule has 3 nitrogen and oxygen atoms in total. The molecule has 2 atom stereocenters. The van der Waals surface area contributed by atoms with E-state index in [9.17, 15) is 18.3 Å². The molecule has 1 N–H and O–H groups in total. The van der Waals surface area contributed by atoms with Crippen LogP contribution in [-0.2, 0) is 4.74 Å². The first-order chi connectivity index (χ1) is 7.89. The number of ether oxygens (including phenoxy) is 2. The lowest BCUT2D eigenvalue weighted by Gasteiger charge is -2.43. The van der Waals surface area contributed by atoms with E-state index in [0.717, 1.165) is 0 Å². The number of rotatable bonds is 3. The molecule has 0 aliphatic heterocycles. The number of alkyl halides is 3. The van der Waals surface area contributed by atoms with Crippen LogP contribution in [0.25, 0.3) is 0 Å². The minimum atomic E-state index is -4.87. The van der Waals surface area contributed by atoms with Crippen LogP contribution in [0.3, 0.4) is 0 Å². The molecule has 0 saturated heterocycles. The van der Waals surface area contributed by atoms with Crippen LogP contribution in [0, 0.1) is 0 Å². The molecule has 1 fully saturated rings. The molecule has 0 bridgehead atoms. The average molecular weight is 248 g/mol. The van der Waals surface area contributed by atoms with Crippen LogP contribution in [0.1, 0.15) is 12.8 Å². The minimum Gasteiger partial charge on any atom is -0.485 e. The topological polar surface area (TPSA) is 38.7 Å². The number of hydrogen-bond donors (Lipinski definition) is 1. The Hall–Kier alpha value is -1.27. The lowest BCUT2D eigenvalue weighted by Crippen LogP contribution is -2.58. The van der Waals surface area contributed by atoms with Crippen molar-refractivity contribution in [1.29, 1.82) is 0 Å². The van der Waals surface area contributed by atoms with E-state index in [1.807, 2.05) is 0 Å². The monoisotopic (exact) mass is 248 g/mol. The van der Waals surface area contributed by atoms with Gasteiger partial charge < -0.3 is 9.84 Å². The molecule has 17 heavy (non-hydrogen) atoms. The predicted molar refractivity (Wildman–Crippen MR) is 52.2 cm³/mol. The molecule has 94 valence electrons. The highest BCUT2D eigenvalue weighted by Gasteiger charge is 2.55. The van der Waals surface area contributed by atoms with Crippen molar-refractivity contribution in [3.05, 3.63) is 30.3 Å². The van der Waals surface area contributed by atoms with E-state index >= 15 is 0 Å². The van der Waals surface area contributed by atoms with Crippen LogP contribution in [0.2, 0.25) is 0 Å². The van der Waals surface area contributed by atoms with Gasteiger partial charge in [0.05, 0.1) is 0 Å². The average Bonchev–Trinajstić information content (AvgIpc) is 2.24. The van der Waals surface area contributed by atoms with Crippen LogP contribution in [0.4, 0.5) is 13.2 Å². The molecule has 0 aromatic heterocycles. The van der Waals surface area contributed by atoms with E-state index in [2.05, 4.69) is 4.74 Å². The van der Waals surface area contributed by atoms with Crippen molar-refractivity contribution in [2.75, 3.05) is 0 Å². The highest BCUT2D eigenvalue weighted by atomic mass is 19.4. The maximum absolute atomic E-state index is 12.0. The molecule has 0 radical (unpaired) electrons. The molecule has 1 aromatic rings. The zero-order valence-electron chi connectivity index (χ0n) is 8.78. The Morgan fingerprint density at radius 1 is 1.24 bits per heavy atom. The second kappa shape index (κ2) is 4.19. The van der Waals surface area contributed by atoms with Crippen molar-refractivity contribution in [3.8, 4) is 5.75 Å². The van der Waals surface area contributed by atoms with Gasteiger partial charge in [-0.2, -0.15) is 0 Å². The van der Waals surface area contributed by atoms with E-state index in [0.29, 0.717) is 12.2 Å². The third kappa shape index (κ3) is 2.89. The van der Waals surface area contributed by atoms with Gasteiger partial charge in [0.2, 0.25) is 5.79 Å². The summed E-state index contributed by atoms with van der Waals surface area (Å²) in [5.74, 6) is -1.87. The van der Waals surface area contributed by atoms with Gasteiger partial charge in [-0.25, -0.2) is 0 Å². The fourth-order valence-electron chi connectivity index (χ4n) is 1.64. The summed E-state index contributed by atoms with van der Waals surface area (Å²) >= 11 is 0. The Morgan fingerprint density at radius 3 is 2.35 bits per heavy atom. The first-order valence-corrected chi connectivity index (χ1v) is 5.10. The standard InChI is InChI=1S/C11H11F3O3/c12-11(13,14)17-10(15)7-6-9(10)16-8-4-2-1-3-5-8/h1-5,9,15H,6-7H2. The van der Waals surface area contributed by atoms with Crippen LogP contribution in [-0.4, -0.2) is 23.4 Å². The fourth-order valence-corrected chi connectivity index (χ4v) is 1.64. The molecule has 1 aromatic carbocycles. The van der Waals surface area contributed by atoms with Crippen molar-refractivity contribution in [2.45, 2.75) is 31.1 Å². The summed E-state index contributed by atoms with van der Waals surface area (Å²) in [6.07, 6.45) is -5.63. The molecule has 0 heterocycles. The lowest BCUT2D eigenvalue weighted by molar-refractivity contribution is -0.442. The SMILES string of the molecule is OC1(OC(F)(F)F)CCC1Oc1ccccc1. The van der Waals surface area contributed by atoms with Crippen molar-refractivity contribution in [2.24, 2.45) is 0 Å². The molecule has 6 heteroatoms. The Morgan fingerprint density at radius 2 is 1.88 bits per heavy atom. The summed E-state index contributed by atoms with van der Waals surface area (Å²) < 4.78 is 45.1. The highest BCUT2D eigenvalue weighted by molar-refractivity contribution is 5.22. The third-order valence-corrected chi connectivity index (χ3v) is 2.58. The number of para-hydroxylation sites is 1. The van der Waals surface area contributed by atoms with Crippen molar-refractivity contribution in [3.63, 3.8) is 0 Å². The van der Waals surface area contributed by atoms with Crippen LogP contribution < -0.4 is 4.74 Å². The van der Waals surface area contributed by atoms with Gasteiger partial charge in [0.1, 0.15) is 5.75 Å². The van der Waals surface area contributed by atoms with E-state index in [4.69, 9.17) is 4.74 Å². The summed E-state index contributed by atoms with van der Waals surface area (Å²) in [5.41, 5.74) is 0. The summed E-state index contributed by atoms with van der Waals surface area (Å²) in [5, 5.41) is 9.60. The number of halogens is 3. The quantitative estimate of drug-likeness (QED) is 0.835. The van der Waals surface area contributed by atoms with Gasteiger partial charge in [-0.15, -0.1) is 13.2 Å². The largest absolute Gasteiger partial charge is 0.525 e. The molecular formula is C11H11F3O3. The van der Waals surface area contributed by atoms with Gasteiger partial charge >= 0.3 is 6.36 Å². The predicted octanol–water partition coefficient (Wildman–Crippen LogP) is 2.45. The van der Waals surface area contributed by atoms with Crippen molar-refractivity contribution in [1.82, 2.24) is 0 Å². The first-order valence-electron chi connectivity index (χ1n) is 5.10. The minimum absolute atomic E-state index is 0.0932. The second-order valence-corrected chi connectivity index (χ2v) is 3.85. The number of hydrogen-bond acceptors (Lipinski definition) is 3. The second-order valence-electron chi connectivity index (χ2n) is 3.85. The fraction of sp³-hybridized carbons (Fsp3) is 0.455. The van der Waals surface area contributed by atoms with Gasteiger partial charge in [0.15, 0.2) is 6.10 Å². The Bertz CT molecular complexity index is 379. The van der Waals surface area contributed by atoms with E-state index < -0.39 is 18.3 Å². The third-order valence-electron chi connectivity index (χ3n) is 2.58. The highest BCUT2D eigenvalue weighted by Crippen LogP contribution is 2.40. The smallest absolute Gasteiger partial charge is 0.485 e. The van der Waals surface area contributed by atoms with Gasteiger partial charge in [0.25, 0.3) is 0 Å². The summed E-state index contributed by atoms with van der Waals surface area (Å²) in [4.78, 5) is 0. The molecule has 0 amide bonds. The van der Waals surface area contributed by atoms with Gasteiger partial charge in [-0.3, -0.25) is 4.74 Å². The van der Waals surface area contributed by atoms with E-state index in [1.54, 1.807) is 30.3 Å². The molecule has 2 rings (SSSR count). The van der Waals surface area contributed by atoms with Gasteiger partial charge in [-0.05, 0) is 18.6 Å². The van der Waals surface area contributed by atoms with E-state index in [-0.39, 0.29) is 6.42 Å². The summed E-state index contributed by atoms with van der Waals surface area (Å²) in [7, 11) is 0. The lowest BCUT2D eigenvalue weighted by atomic mass is 9.87.